The Bertz CT molecular complexity index is 662. The lowest BCUT2D eigenvalue weighted by Crippen LogP contribution is -2.18. The van der Waals surface area contributed by atoms with Crippen LogP contribution in [0.5, 0.6) is 11.5 Å². The Labute approximate surface area is 117 Å². The second kappa shape index (κ2) is 4.51. The van der Waals surface area contributed by atoms with E-state index in [1.165, 1.54) is 24.6 Å². The minimum Gasteiger partial charge on any atom is -0.454 e. The van der Waals surface area contributed by atoms with Crippen molar-refractivity contribution in [2.24, 2.45) is 0 Å². The molecule has 0 unspecified atom stereocenters. The van der Waals surface area contributed by atoms with Crippen molar-refractivity contribution in [3.05, 3.63) is 53.3 Å². The molecule has 4 rings (SSSR count). The van der Waals surface area contributed by atoms with Crippen LogP contribution in [0.2, 0.25) is 0 Å². The van der Waals surface area contributed by atoms with Gasteiger partial charge in [-0.2, -0.15) is 0 Å². The van der Waals surface area contributed by atoms with E-state index in [9.17, 15) is 4.39 Å². The van der Waals surface area contributed by atoms with Gasteiger partial charge in [-0.25, -0.2) is 4.39 Å². The van der Waals surface area contributed by atoms with Gasteiger partial charge in [-0.15, -0.1) is 0 Å². The molecule has 2 aromatic carbocycles. The van der Waals surface area contributed by atoms with E-state index in [2.05, 4.69) is 23.1 Å². The van der Waals surface area contributed by atoms with E-state index < -0.39 is 0 Å². The van der Waals surface area contributed by atoms with Gasteiger partial charge in [0.05, 0.1) is 0 Å². The normalized spacial score (nSPS) is 16.6. The summed E-state index contributed by atoms with van der Waals surface area (Å²) >= 11 is 0. The third-order valence-corrected chi connectivity index (χ3v) is 4.16. The summed E-state index contributed by atoms with van der Waals surface area (Å²) < 4.78 is 19.6. The van der Waals surface area contributed by atoms with E-state index in [0.29, 0.717) is 5.75 Å². The molecule has 0 atom stereocenters. The first-order chi connectivity index (χ1) is 9.81. The van der Waals surface area contributed by atoms with Crippen LogP contribution >= 0.6 is 0 Å². The van der Waals surface area contributed by atoms with Crippen molar-refractivity contribution >= 4 is 5.69 Å². The number of ether oxygens (including phenoxy) is 1. The van der Waals surface area contributed by atoms with Crippen molar-refractivity contribution in [2.75, 3.05) is 18.0 Å². The SMILES string of the molecule is Fc1cccc2c1Oc1cc(N3CCCC3)ccc1C2. The number of benzene rings is 2. The van der Waals surface area contributed by atoms with Crippen molar-refractivity contribution in [2.45, 2.75) is 19.3 Å². The molecule has 2 aliphatic rings. The standard InChI is InChI=1S/C17H16FNO/c18-15-5-3-4-13-10-12-6-7-14(19-8-1-2-9-19)11-16(12)20-17(13)15/h3-7,11H,1-2,8-10H2. The average Bonchev–Trinajstić information content (AvgIpc) is 3.00. The predicted molar refractivity (Wildman–Crippen MR) is 77.2 cm³/mol. The van der Waals surface area contributed by atoms with Crippen molar-refractivity contribution < 1.29 is 9.13 Å². The summed E-state index contributed by atoms with van der Waals surface area (Å²) in [7, 11) is 0. The Morgan fingerprint density at radius 1 is 1.00 bits per heavy atom. The highest BCUT2D eigenvalue weighted by Crippen LogP contribution is 2.40. The molecule has 0 aromatic heterocycles. The fraction of sp³-hybridized carbons (Fsp3) is 0.294. The number of nitrogens with zero attached hydrogens (tertiary/aromatic N) is 1. The first-order valence-electron chi connectivity index (χ1n) is 7.14. The highest BCUT2D eigenvalue weighted by Gasteiger charge is 2.21. The van der Waals surface area contributed by atoms with Crippen LogP contribution in [0.4, 0.5) is 10.1 Å². The van der Waals surface area contributed by atoms with Gasteiger partial charge in [-0.3, -0.25) is 0 Å². The molecule has 0 spiro atoms. The van der Waals surface area contributed by atoms with Crippen LogP contribution in [0.1, 0.15) is 24.0 Å². The molecule has 0 saturated carbocycles. The van der Waals surface area contributed by atoms with Gasteiger partial charge < -0.3 is 9.64 Å². The molecule has 3 heteroatoms. The number of hydrogen-bond donors (Lipinski definition) is 0. The van der Waals surface area contributed by atoms with Gasteiger partial charge in [0.1, 0.15) is 5.75 Å². The number of anilines is 1. The lowest BCUT2D eigenvalue weighted by molar-refractivity contribution is 0.423. The molecule has 0 N–H and O–H groups in total. The molecule has 0 aliphatic carbocycles. The van der Waals surface area contributed by atoms with Crippen LogP contribution in [-0.4, -0.2) is 13.1 Å². The summed E-state index contributed by atoms with van der Waals surface area (Å²) in [6.45, 7) is 2.20. The quantitative estimate of drug-likeness (QED) is 0.659. The fourth-order valence-corrected chi connectivity index (χ4v) is 3.08. The summed E-state index contributed by atoms with van der Waals surface area (Å²) in [5, 5.41) is 0. The molecule has 2 nitrogen and oxygen atoms in total. The zero-order valence-electron chi connectivity index (χ0n) is 11.2. The molecular weight excluding hydrogens is 253 g/mol. The maximum Gasteiger partial charge on any atom is 0.166 e. The monoisotopic (exact) mass is 269 g/mol. The summed E-state index contributed by atoms with van der Waals surface area (Å²) in [5.74, 6) is 0.908. The topological polar surface area (TPSA) is 12.5 Å². The smallest absolute Gasteiger partial charge is 0.166 e. The van der Waals surface area contributed by atoms with Crippen molar-refractivity contribution in [1.29, 1.82) is 0 Å². The van der Waals surface area contributed by atoms with Crippen LogP contribution in [0.15, 0.2) is 36.4 Å². The van der Waals surface area contributed by atoms with Gasteiger partial charge >= 0.3 is 0 Å². The van der Waals surface area contributed by atoms with E-state index in [0.717, 1.165) is 36.4 Å². The average molecular weight is 269 g/mol. The van der Waals surface area contributed by atoms with E-state index in [-0.39, 0.29) is 5.82 Å². The molecule has 1 fully saturated rings. The molecule has 2 heterocycles. The Hall–Kier alpha value is -2.03. The van der Waals surface area contributed by atoms with Crippen molar-refractivity contribution in [1.82, 2.24) is 0 Å². The summed E-state index contributed by atoms with van der Waals surface area (Å²) in [6, 6.07) is 11.4. The Balaban J connectivity index is 1.72. The molecule has 102 valence electrons. The van der Waals surface area contributed by atoms with Gasteiger partial charge in [0, 0.05) is 36.8 Å². The summed E-state index contributed by atoms with van der Waals surface area (Å²) in [6.07, 6.45) is 3.23. The molecule has 20 heavy (non-hydrogen) atoms. The van der Waals surface area contributed by atoms with Crippen LogP contribution in [0.3, 0.4) is 0 Å². The minimum absolute atomic E-state index is 0.278. The van der Waals surface area contributed by atoms with Gasteiger partial charge in [-0.1, -0.05) is 18.2 Å². The van der Waals surface area contributed by atoms with E-state index >= 15 is 0 Å². The van der Waals surface area contributed by atoms with Crippen LogP contribution in [-0.2, 0) is 6.42 Å². The zero-order chi connectivity index (χ0) is 13.5. The molecule has 2 aromatic rings. The maximum atomic E-state index is 13.8. The van der Waals surface area contributed by atoms with Gasteiger partial charge in [-0.05, 0) is 30.5 Å². The Morgan fingerprint density at radius 3 is 2.70 bits per heavy atom. The number of hydrogen-bond acceptors (Lipinski definition) is 2. The highest BCUT2D eigenvalue weighted by molar-refractivity contribution is 5.59. The van der Waals surface area contributed by atoms with Crippen molar-refractivity contribution in [3.8, 4) is 11.5 Å². The molecule has 1 saturated heterocycles. The second-order valence-corrected chi connectivity index (χ2v) is 5.49. The second-order valence-electron chi connectivity index (χ2n) is 5.49. The minimum atomic E-state index is -0.278. The molecule has 0 radical (unpaired) electrons. The summed E-state index contributed by atoms with van der Waals surface area (Å²) in [5.41, 5.74) is 3.23. The maximum absolute atomic E-state index is 13.8. The Morgan fingerprint density at radius 2 is 1.85 bits per heavy atom. The predicted octanol–water partition coefficient (Wildman–Crippen LogP) is 4.12. The van der Waals surface area contributed by atoms with Crippen LogP contribution in [0.25, 0.3) is 0 Å². The van der Waals surface area contributed by atoms with E-state index in [1.807, 2.05) is 6.07 Å². The first-order valence-corrected chi connectivity index (χ1v) is 7.14. The van der Waals surface area contributed by atoms with Gasteiger partial charge in [0.2, 0.25) is 0 Å². The third kappa shape index (κ3) is 1.85. The van der Waals surface area contributed by atoms with E-state index in [1.54, 1.807) is 6.07 Å². The molecular formula is C17H16FNO. The van der Waals surface area contributed by atoms with Crippen LogP contribution < -0.4 is 9.64 Å². The fourth-order valence-electron chi connectivity index (χ4n) is 3.08. The van der Waals surface area contributed by atoms with Gasteiger partial charge in [0.15, 0.2) is 11.6 Å². The Kier molecular flexibility index (Phi) is 2.66. The number of fused-ring (bicyclic) bond motifs is 2. The van der Waals surface area contributed by atoms with Gasteiger partial charge in [0.25, 0.3) is 0 Å². The van der Waals surface area contributed by atoms with E-state index in [4.69, 9.17) is 4.74 Å². The molecule has 0 bridgehead atoms. The molecule has 2 aliphatic heterocycles. The lowest BCUT2D eigenvalue weighted by atomic mass is 10.00. The zero-order valence-corrected chi connectivity index (χ0v) is 11.2. The lowest BCUT2D eigenvalue weighted by Gasteiger charge is -2.24. The van der Waals surface area contributed by atoms with Crippen LogP contribution in [0, 0.1) is 5.82 Å². The third-order valence-electron chi connectivity index (χ3n) is 4.16. The largest absolute Gasteiger partial charge is 0.454 e. The first kappa shape index (κ1) is 11.8. The summed E-state index contributed by atoms with van der Waals surface area (Å²) in [4.78, 5) is 2.36. The molecule has 0 amide bonds. The number of halogens is 1. The number of rotatable bonds is 1. The highest BCUT2D eigenvalue weighted by atomic mass is 19.1. The number of para-hydroxylation sites is 1. The van der Waals surface area contributed by atoms with Crippen molar-refractivity contribution in [3.63, 3.8) is 0 Å².